The monoisotopic (exact) mass is 618 g/mol. The molecule has 0 radical (unpaired) electrons. The molecule has 0 bridgehead atoms. The standard InChI is InChI=1S/C36H31BrN2O3/c1-20-17-23(4)33(24(5)18-20)39-34-28(19-38(36(34)42)32-21(2)9-8-10-22(32)3)31(27-11-6-7-12-29(27)40)30(35(39)41)25-13-15-26(37)16-14-25/h6-18,40H,19H2,1-5H3. The first-order valence-electron chi connectivity index (χ1n) is 13.9. The molecule has 2 heterocycles. The van der Waals surface area contributed by atoms with Crippen molar-refractivity contribution in [3.63, 3.8) is 0 Å². The molecule has 1 aromatic heterocycles. The van der Waals surface area contributed by atoms with Crippen LogP contribution in [-0.4, -0.2) is 15.6 Å². The van der Waals surface area contributed by atoms with Crippen LogP contribution >= 0.6 is 15.9 Å². The minimum atomic E-state index is -0.305. The molecule has 4 aromatic carbocycles. The smallest absolute Gasteiger partial charge is 0.276 e. The number of hydrogen-bond acceptors (Lipinski definition) is 3. The Morgan fingerprint density at radius 3 is 1.95 bits per heavy atom. The molecular formula is C36H31BrN2O3. The Morgan fingerprint density at radius 2 is 1.33 bits per heavy atom. The number of nitrogens with zero attached hydrogens (tertiary/aromatic N) is 2. The van der Waals surface area contributed by atoms with Crippen LogP contribution in [0.1, 0.15) is 43.9 Å². The van der Waals surface area contributed by atoms with E-state index in [2.05, 4.69) is 15.9 Å². The van der Waals surface area contributed by atoms with E-state index in [1.165, 1.54) is 0 Å². The summed E-state index contributed by atoms with van der Waals surface area (Å²) in [6, 6.07) is 24.7. The second kappa shape index (κ2) is 10.4. The summed E-state index contributed by atoms with van der Waals surface area (Å²) >= 11 is 3.52. The quantitative estimate of drug-likeness (QED) is 0.220. The summed E-state index contributed by atoms with van der Waals surface area (Å²) in [5.41, 5.74) is 9.38. The first kappa shape index (κ1) is 27.7. The van der Waals surface area contributed by atoms with Gasteiger partial charge in [-0.05, 0) is 80.6 Å². The van der Waals surface area contributed by atoms with E-state index in [1.54, 1.807) is 21.6 Å². The lowest BCUT2D eigenvalue weighted by Gasteiger charge is -2.22. The molecule has 210 valence electrons. The van der Waals surface area contributed by atoms with Crippen molar-refractivity contribution in [2.45, 2.75) is 41.2 Å². The van der Waals surface area contributed by atoms with Crippen LogP contribution in [0.4, 0.5) is 5.69 Å². The number of rotatable bonds is 4. The van der Waals surface area contributed by atoms with Crippen molar-refractivity contribution in [1.82, 2.24) is 4.57 Å². The number of carbonyl (C=O) groups is 1. The summed E-state index contributed by atoms with van der Waals surface area (Å²) < 4.78 is 2.51. The average molecular weight is 620 g/mol. The number of anilines is 1. The molecule has 1 N–H and O–H groups in total. The number of pyridine rings is 1. The lowest BCUT2D eigenvalue weighted by molar-refractivity contribution is 0.0989. The molecule has 5 aromatic rings. The number of aromatic hydroxyl groups is 1. The highest BCUT2D eigenvalue weighted by atomic mass is 79.9. The fraction of sp³-hybridized carbons (Fsp3) is 0.167. The predicted octanol–water partition coefficient (Wildman–Crippen LogP) is 8.34. The first-order chi connectivity index (χ1) is 20.1. The second-order valence-electron chi connectivity index (χ2n) is 11.1. The van der Waals surface area contributed by atoms with E-state index in [-0.39, 0.29) is 23.8 Å². The number of aromatic nitrogens is 1. The van der Waals surface area contributed by atoms with E-state index in [0.29, 0.717) is 39.2 Å². The van der Waals surface area contributed by atoms with Crippen LogP contribution in [0.15, 0.2) is 88.1 Å². The molecule has 0 aliphatic carbocycles. The molecular weight excluding hydrogens is 588 g/mol. The van der Waals surface area contributed by atoms with Gasteiger partial charge in [0.25, 0.3) is 11.5 Å². The molecule has 1 aliphatic rings. The topological polar surface area (TPSA) is 62.5 Å². The highest BCUT2D eigenvalue weighted by molar-refractivity contribution is 9.10. The van der Waals surface area contributed by atoms with Gasteiger partial charge in [-0.3, -0.25) is 14.2 Å². The Kier molecular flexibility index (Phi) is 6.90. The number of hydrogen-bond donors (Lipinski definition) is 1. The molecule has 1 amide bonds. The molecule has 0 unspecified atom stereocenters. The lowest BCUT2D eigenvalue weighted by Crippen LogP contribution is -2.31. The largest absolute Gasteiger partial charge is 0.507 e. The van der Waals surface area contributed by atoms with Crippen LogP contribution in [0, 0.1) is 34.6 Å². The minimum absolute atomic E-state index is 0.0517. The molecule has 5 nitrogen and oxygen atoms in total. The van der Waals surface area contributed by atoms with Gasteiger partial charge >= 0.3 is 0 Å². The Hall–Kier alpha value is -4.42. The fourth-order valence-corrected chi connectivity index (χ4v) is 6.74. The molecule has 0 spiro atoms. The molecule has 0 saturated carbocycles. The average Bonchev–Trinajstić information content (AvgIpc) is 3.26. The summed E-state index contributed by atoms with van der Waals surface area (Å²) in [6.07, 6.45) is 0. The Labute approximate surface area is 253 Å². The van der Waals surface area contributed by atoms with Crippen LogP contribution in [0.2, 0.25) is 0 Å². The zero-order chi connectivity index (χ0) is 29.9. The maximum Gasteiger partial charge on any atom is 0.276 e. The maximum atomic E-state index is 14.9. The Morgan fingerprint density at radius 1 is 0.714 bits per heavy atom. The molecule has 0 fully saturated rings. The molecule has 42 heavy (non-hydrogen) atoms. The second-order valence-corrected chi connectivity index (χ2v) is 12.0. The van der Waals surface area contributed by atoms with Gasteiger partial charge in [0, 0.05) is 21.2 Å². The van der Waals surface area contributed by atoms with Crippen molar-refractivity contribution in [2.75, 3.05) is 4.90 Å². The third kappa shape index (κ3) is 4.38. The third-order valence-corrected chi connectivity index (χ3v) is 8.65. The van der Waals surface area contributed by atoms with Crippen molar-refractivity contribution >= 4 is 27.5 Å². The highest BCUT2D eigenvalue weighted by Crippen LogP contribution is 2.44. The van der Waals surface area contributed by atoms with E-state index in [0.717, 1.165) is 38.0 Å². The third-order valence-electron chi connectivity index (χ3n) is 8.12. The van der Waals surface area contributed by atoms with Gasteiger partial charge in [-0.1, -0.05) is 82.2 Å². The van der Waals surface area contributed by atoms with Crippen LogP contribution in [0.5, 0.6) is 5.75 Å². The van der Waals surface area contributed by atoms with Gasteiger partial charge in [-0.2, -0.15) is 0 Å². The zero-order valence-corrected chi connectivity index (χ0v) is 25.8. The van der Waals surface area contributed by atoms with Crippen molar-refractivity contribution in [2.24, 2.45) is 0 Å². The Balaban J connectivity index is 1.80. The number of carbonyl (C=O) groups excluding carboxylic acids is 1. The Bertz CT molecular complexity index is 1930. The van der Waals surface area contributed by atoms with Crippen LogP contribution < -0.4 is 10.5 Å². The molecule has 0 saturated heterocycles. The van der Waals surface area contributed by atoms with Crippen LogP contribution in [0.3, 0.4) is 0 Å². The molecule has 1 aliphatic heterocycles. The number of fused-ring (bicyclic) bond motifs is 1. The van der Waals surface area contributed by atoms with Gasteiger partial charge in [0.15, 0.2) is 0 Å². The molecule has 0 atom stereocenters. The maximum absolute atomic E-state index is 14.9. The van der Waals surface area contributed by atoms with Gasteiger partial charge in [-0.25, -0.2) is 0 Å². The number of aryl methyl sites for hydroxylation is 5. The van der Waals surface area contributed by atoms with Gasteiger partial charge in [-0.15, -0.1) is 0 Å². The van der Waals surface area contributed by atoms with Gasteiger partial charge in [0.05, 0.1) is 23.5 Å². The molecule has 6 heteroatoms. The van der Waals surface area contributed by atoms with Crippen molar-refractivity contribution in [3.05, 3.63) is 133 Å². The minimum Gasteiger partial charge on any atom is -0.507 e. The van der Waals surface area contributed by atoms with Crippen LogP contribution in [-0.2, 0) is 6.54 Å². The van der Waals surface area contributed by atoms with Crippen LogP contribution in [0.25, 0.3) is 27.9 Å². The number of phenols is 1. The number of para-hydroxylation sites is 2. The molecule has 6 rings (SSSR count). The number of halogens is 1. The van der Waals surface area contributed by atoms with Gasteiger partial charge < -0.3 is 10.0 Å². The number of phenolic OH excluding ortho intramolecular Hbond substituents is 1. The zero-order valence-electron chi connectivity index (χ0n) is 24.2. The first-order valence-corrected chi connectivity index (χ1v) is 14.7. The van der Waals surface area contributed by atoms with E-state index in [9.17, 15) is 14.7 Å². The SMILES string of the molecule is Cc1cc(C)c(-n2c3c(c(-c4ccccc4O)c(-c4ccc(Br)cc4)c2=O)CN(c2c(C)cccc2C)C3=O)c(C)c1. The predicted molar refractivity (Wildman–Crippen MR) is 173 cm³/mol. The van der Waals surface area contributed by atoms with E-state index < -0.39 is 0 Å². The summed E-state index contributed by atoms with van der Waals surface area (Å²) in [6.45, 7) is 10.2. The van der Waals surface area contributed by atoms with E-state index >= 15 is 0 Å². The normalized spacial score (nSPS) is 12.6. The summed E-state index contributed by atoms with van der Waals surface area (Å²) in [7, 11) is 0. The van der Waals surface area contributed by atoms with Crippen molar-refractivity contribution < 1.29 is 9.90 Å². The number of amides is 1. The van der Waals surface area contributed by atoms with E-state index in [1.807, 2.05) is 101 Å². The highest BCUT2D eigenvalue weighted by Gasteiger charge is 2.39. The van der Waals surface area contributed by atoms with Crippen molar-refractivity contribution in [3.8, 4) is 33.7 Å². The van der Waals surface area contributed by atoms with Crippen molar-refractivity contribution in [1.29, 1.82) is 0 Å². The van der Waals surface area contributed by atoms with Gasteiger partial charge in [0.1, 0.15) is 11.4 Å². The summed E-state index contributed by atoms with van der Waals surface area (Å²) in [4.78, 5) is 31.3. The fourth-order valence-electron chi connectivity index (χ4n) is 6.48. The van der Waals surface area contributed by atoms with Gasteiger partial charge in [0.2, 0.25) is 0 Å². The summed E-state index contributed by atoms with van der Waals surface area (Å²) in [5, 5.41) is 11.1. The van der Waals surface area contributed by atoms with E-state index in [4.69, 9.17) is 0 Å². The lowest BCUT2D eigenvalue weighted by atomic mass is 9.90. The number of benzene rings is 4. The summed E-state index contributed by atoms with van der Waals surface area (Å²) in [5.74, 6) is -0.186.